The topological polar surface area (TPSA) is 60.0 Å². The summed E-state index contributed by atoms with van der Waals surface area (Å²) in [6.45, 7) is 1.90. The van der Waals surface area contributed by atoms with E-state index >= 15 is 0 Å². The predicted octanol–water partition coefficient (Wildman–Crippen LogP) is 4.80. The van der Waals surface area contributed by atoms with E-state index in [2.05, 4.69) is 19.7 Å². The number of thioether (sulfide) groups is 1. The van der Waals surface area contributed by atoms with Gasteiger partial charge in [0.15, 0.2) is 5.16 Å². The number of nitrogens with one attached hydrogen (secondary N) is 1. The number of rotatable bonds is 7. The molecule has 0 saturated carbocycles. The van der Waals surface area contributed by atoms with Gasteiger partial charge in [-0.2, -0.15) is 17.6 Å². The molecule has 0 amide bonds. The lowest BCUT2D eigenvalue weighted by Crippen LogP contribution is -2.33. The van der Waals surface area contributed by atoms with Crippen molar-refractivity contribution >= 4 is 22.8 Å². The van der Waals surface area contributed by atoms with E-state index in [9.17, 15) is 17.6 Å². The molecule has 0 bridgehead atoms. The smallest absolute Gasteiger partial charge is 0.461 e. The van der Waals surface area contributed by atoms with Gasteiger partial charge >= 0.3 is 12.5 Å². The van der Waals surface area contributed by atoms with Crippen LogP contribution in [0, 0.1) is 6.92 Å². The highest BCUT2D eigenvalue weighted by molar-refractivity contribution is 7.98. The predicted molar refractivity (Wildman–Crippen MR) is 92.8 cm³/mol. The number of fused-ring (bicyclic) bond motifs is 1. The van der Waals surface area contributed by atoms with Crippen molar-refractivity contribution < 1.29 is 27.0 Å². The fourth-order valence-electron chi connectivity index (χ4n) is 2.36. The third kappa shape index (κ3) is 4.26. The number of alkyl halides is 4. The molecule has 0 spiro atoms. The van der Waals surface area contributed by atoms with Crippen molar-refractivity contribution in [2.45, 2.75) is 30.4 Å². The highest BCUT2D eigenvalue weighted by Crippen LogP contribution is 2.31. The number of ether oxygens (including phenoxy) is 2. The van der Waals surface area contributed by atoms with Crippen LogP contribution in [0.5, 0.6) is 11.5 Å². The summed E-state index contributed by atoms with van der Waals surface area (Å²) >= 11 is 1.36. The van der Waals surface area contributed by atoms with Crippen LogP contribution >= 0.6 is 11.8 Å². The maximum absolute atomic E-state index is 13.0. The van der Waals surface area contributed by atoms with Crippen LogP contribution in [0.15, 0.2) is 35.6 Å². The lowest BCUT2D eigenvalue weighted by atomic mass is 10.2. The summed E-state index contributed by atoms with van der Waals surface area (Å²) in [5.41, 5.74) is 2.63. The van der Waals surface area contributed by atoms with Crippen LogP contribution in [0.3, 0.4) is 0 Å². The van der Waals surface area contributed by atoms with Crippen LogP contribution < -0.4 is 9.47 Å². The lowest BCUT2D eigenvalue weighted by Gasteiger charge is -2.16. The van der Waals surface area contributed by atoms with E-state index in [1.807, 2.05) is 6.92 Å². The second kappa shape index (κ2) is 7.63. The summed E-state index contributed by atoms with van der Waals surface area (Å²) in [4.78, 5) is 11.6. The molecular formula is C17H15F4N3O2S. The summed E-state index contributed by atoms with van der Waals surface area (Å²) in [6.07, 6.45) is -6.83. The van der Waals surface area contributed by atoms with Gasteiger partial charge in [0, 0.05) is 23.6 Å². The van der Waals surface area contributed by atoms with Crippen molar-refractivity contribution in [2.75, 3.05) is 7.11 Å². The average Bonchev–Trinajstić information content (AvgIpc) is 3.02. The highest BCUT2D eigenvalue weighted by Gasteiger charge is 2.44. The van der Waals surface area contributed by atoms with E-state index in [0.717, 1.165) is 17.0 Å². The summed E-state index contributed by atoms with van der Waals surface area (Å²) in [7, 11) is 1.58. The Kier molecular flexibility index (Phi) is 5.45. The number of aromatic nitrogens is 3. The Morgan fingerprint density at radius 3 is 2.74 bits per heavy atom. The molecule has 1 N–H and O–H groups in total. The number of benzene rings is 1. The number of aromatic amines is 1. The Morgan fingerprint density at radius 1 is 1.26 bits per heavy atom. The molecule has 1 aromatic carbocycles. The third-order valence-corrected chi connectivity index (χ3v) is 4.65. The van der Waals surface area contributed by atoms with Crippen molar-refractivity contribution in [3.63, 3.8) is 0 Å². The Hall–Kier alpha value is -2.49. The van der Waals surface area contributed by atoms with Gasteiger partial charge in [-0.15, -0.1) is 0 Å². The SMILES string of the molecule is COc1ccnc(CSc2nc3cc(OC(F)(F)C(F)F)ccc3[nH]2)c1C. The minimum Gasteiger partial charge on any atom is -0.496 e. The standard InChI is InChI=1S/C17H15F4N3O2S/c1-9-13(22-6-5-14(9)25-2)8-27-16-23-11-4-3-10(7-12(11)24-16)26-17(20,21)15(18)19/h3-7,15H,8H2,1-2H3,(H,23,24). The minimum atomic E-state index is -4.56. The zero-order valence-corrected chi connectivity index (χ0v) is 15.1. The van der Waals surface area contributed by atoms with E-state index in [4.69, 9.17) is 4.74 Å². The molecular weight excluding hydrogens is 386 g/mol. The first-order chi connectivity index (χ1) is 12.8. The van der Waals surface area contributed by atoms with Gasteiger partial charge in [-0.05, 0) is 25.1 Å². The molecule has 0 aliphatic heterocycles. The molecule has 27 heavy (non-hydrogen) atoms. The van der Waals surface area contributed by atoms with Crippen LogP contribution in [0.25, 0.3) is 11.0 Å². The number of H-pyrrole nitrogens is 1. The minimum absolute atomic E-state index is 0.329. The van der Waals surface area contributed by atoms with Gasteiger partial charge < -0.3 is 14.5 Å². The van der Waals surface area contributed by atoms with Crippen LogP contribution in [0.1, 0.15) is 11.3 Å². The molecule has 0 unspecified atom stereocenters. The van der Waals surface area contributed by atoms with E-state index < -0.39 is 12.5 Å². The van der Waals surface area contributed by atoms with E-state index in [0.29, 0.717) is 21.9 Å². The van der Waals surface area contributed by atoms with Crippen molar-refractivity contribution in [1.82, 2.24) is 15.0 Å². The van der Waals surface area contributed by atoms with Crippen molar-refractivity contribution in [2.24, 2.45) is 0 Å². The van der Waals surface area contributed by atoms with Gasteiger partial charge in [0.2, 0.25) is 0 Å². The normalized spacial score (nSPS) is 12.0. The van der Waals surface area contributed by atoms with Crippen LogP contribution in [-0.4, -0.2) is 34.6 Å². The number of halogens is 4. The molecule has 2 heterocycles. The molecule has 0 atom stereocenters. The third-order valence-electron chi connectivity index (χ3n) is 3.77. The lowest BCUT2D eigenvalue weighted by molar-refractivity contribution is -0.253. The maximum Gasteiger partial charge on any atom is 0.461 e. The summed E-state index contributed by atoms with van der Waals surface area (Å²) in [5.74, 6) is 0.850. The first-order valence-corrected chi connectivity index (χ1v) is 8.74. The van der Waals surface area contributed by atoms with Gasteiger partial charge in [0.25, 0.3) is 0 Å². The van der Waals surface area contributed by atoms with Gasteiger partial charge in [0.1, 0.15) is 11.5 Å². The van der Waals surface area contributed by atoms with Crippen molar-refractivity contribution in [3.8, 4) is 11.5 Å². The summed E-state index contributed by atoms with van der Waals surface area (Å²) in [5, 5.41) is 0.534. The number of hydrogen-bond donors (Lipinski definition) is 1. The van der Waals surface area contributed by atoms with Crippen LogP contribution in [0.2, 0.25) is 0 Å². The molecule has 0 radical (unpaired) electrons. The molecule has 0 saturated heterocycles. The number of imidazole rings is 1. The zero-order valence-electron chi connectivity index (χ0n) is 14.3. The second-order valence-electron chi connectivity index (χ2n) is 5.56. The molecule has 0 aliphatic rings. The van der Waals surface area contributed by atoms with E-state index in [1.165, 1.54) is 30.0 Å². The fraction of sp³-hybridized carbons (Fsp3) is 0.294. The van der Waals surface area contributed by atoms with Crippen LogP contribution in [-0.2, 0) is 5.75 Å². The Morgan fingerprint density at radius 2 is 2.04 bits per heavy atom. The Balaban J connectivity index is 1.75. The number of pyridine rings is 1. The van der Waals surface area contributed by atoms with E-state index in [1.54, 1.807) is 19.4 Å². The van der Waals surface area contributed by atoms with Gasteiger partial charge in [-0.1, -0.05) is 11.8 Å². The van der Waals surface area contributed by atoms with Crippen molar-refractivity contribution in [3.05, 3.63) is 41.7 Å². The van der Waals surface area contributed by atoms with Gasteiger partial charge in [-0.25, -0.2) is 4.98 Å². The largest absolute Gasteiger partial charge is 0.496 e. The highest BCUT2D eigenvalue weighted by atomic mass is 32.2. The maximum atomic E-state index is 13.0. The van der Waals surface area contributed by atoms with E-state index in [-0.39, 0.29) is 5.75 Å². The molecule has 3 rings (SSSR count). The zero-order chi connectivity index (χ0) is 19.6. The van der Waals surface area contributed by atoms with Crippen molar-refractivity contribution in [1.29, 1.82) is 0 Å². The Labute approximate surface area is 156 Å². The van der Waals surface area contributed by atoms with Gasteiger partial charge in [0.05, 0.1) is 23.8 Å². The molecule has 10 heteroatoms. The average molecular weight is 401 g/mol. The Bertz CT molecular complexity index is 949. The van der Waals surface area contributed by atoms with Gasteiger partial charge in [-0.3, -0.25) is 4.98 Å². The molecule has 5 nitrogen and oxygen atoms in total. The first-order valence-electron chi connectivity index (χ1n) is 7.76. The quantitative estimate of drug-likeness (QED) is 0.455. The fourth-order valence-corrected chi connectivity index (χ4v) is 3.27. The second-order valence-corrected chi connectivity index (χ2v) is 6.52. The monoisotopic (exact) mass is 401 g/mol. The summed E-state index contributed by atoms with van der Waals surface area (Å²) < 4.78 is 59.9. The molecule has 2 aromatic heterocycles. The number of nitrogens with zero attached hydrogens (tertiary/aromatic N) is 2. The molecule has 144 valence electrons. The summed E-state index contributed by atoms with van der Waals surface area (Å²) in [6, 6.07) is 5.57. The number of methoxy groups -OCH3 is 1. The first kappa shape index (κ1) is 19.3. The molecule has 0 aliphatic carbocycles. The molecule has 0 fully saturated rings. The number of hydrogen-bond acceptors (Lipinski definition) is 5. The molecule has 3 aromatic rings. The van der Waals surface area contributed by atoms with Crippen LogP contribution in [0.4, 0.5) is 17.6 Å².